The lowest BCUT2D eigenvalue weighted by molar-refractivity contribution is 0.246. The summed E-state index contributed by atoms with van der Waals surface area (Å²) in [7, 11) is 1.66. The highest BCUT2D eigenvalue weighted by Gasteiger charge is 2.22. The monoisotopic (exact) mass is 253 g/mol. The van der Waals surface area contributed by atoms with Gasteiger partial charge in [0.15, 0.2) is 0 Å². The molecule has 0 bridgehead atoms. The predicted octanol–water partition coefficient (Wildman–Crippen LogP) is 1.69. The van der Waals surface area contributed by atoms with Crippen molar-refractivity contribution in [3.63, 3.8) is 0 Å². The highest BCUT2D eigenvalue weighted by Crippen LogP contribution is 2.31. The van der Waals surface area contributed by atoms with Gasteiger partial charge in [-0.05, 0) is 11.6 Å². The molecule has 2 amide bonds. The number of amides is 2. The Hall–Kier alpha value is -2.99. The first-order chi connectivity index (χ1) is 9.17. The van der Waals surface area contributed by atoms with Gasteiger partial charge >= 0.3 is 6.03 Å². The maximum atomic E-state index is 11.6. The average molecular weight is 253 g/mol. The Balaban J connectivity index is 2.39. The number of urea groups is 1. The SMILES string of the molecule is CN1C(=O)NCc2cccc(NC=C(C#N)C#N)c21. The number of fused-ring (bicyclic) bond motifs is 1. The first-order valence-electron chi connectivity index (χ1n) is 5.57. The Morgan fingerprint density at radius 2 is 2.21 bits per heavy atom. The minimum Gasteiger partial charge on any atom is -0.358 e. The topological polar surface area (TPSA) is 91.9 Å². The Labute approximate surface area is 110 Å². The zero-order chi connectivity index (χ0) is 13.8. The highest BCUT2D eigenvalue weighted by atomic mass is 16.2. The zero-order valence-corrected chi connectivity index (χ0v) is 10.3. The number of carbonyl (C=O) groups is 1. The van der Waals surface area contributed by atoms with E-state index in [0.29, 0.717) is 12.2 Å². The second-order valence-corrected chi connectivity index (χ2v) is 3.96. The summed E-state index contributed by atoms with van der Waals surface area (Å²) in [5, 5.41) is 23.0. The van der Waals surface area contributed by atoms with Gasteiger partial charge in [0.2, 0.25) is 0 Å². The van der Waals surface area contributed by atoms with Crippen LogP contribution in [0.25, 0.3) is 0 Å². The van der Waals surface area contributed by atoms with Gasteiger partial charge in [0, 0.05) is 19.8 Å². The molecule has 0 aromatic heterocycles. The van der Waals surface area contributed by atoms with E-state index < -0.39 is 0 Å². The highest BCUT2D eigenvalue weighted by molar-refractivity contribution is 5.98. The van der Waals surface area contributed by atoms with E-state index >= 15 is 0 Å². The van der Waals surface area contributed by atoms with Crippen LogP contribution in [0.1, 0.15) is 5.56 Å². The summed E-state index contributed by atoms with van der Waals surface area (Å²) in [6.45, 7) is 0.459. The van der Waals surface area contributed by atoms with Crippen molar-refractivity contribution in [2.24, 2.45) is 0 Å². The molecule has 0 spiro atoms. The molecule has 0 saturated carbocycles. The average Bonchev–Trinajstić information content (AvgIpc) is 2.44. The molecule has 0 unspecified atom stereocenters. The second kappa shape index (κ2) is 5.11. The third-order valence-electron chi connectivity index (χ3n) is 2.80. The number of hydrogen-bond acceptors (Lipinski definition) is 4. The van der Waals surface area contributed by atoms with Crippen LogP contribution in [0.5, 0.6) is 0 Å². The number of carbonyl (C=O) groups excluding carboxylic acids is 1. The number of rotatable bonds is 2. The van der Waals surface area contributed by atoms with Crippen molar-refractivity contribution in [2.75, 3.05) is 17.3 Å². The number of hydrogen-bond donors (Lipinski definition) is 2. The van der Waals surface area contributed by atoms with Crippen LogP contribution in [0.15, 0.2) is 30.0 Å². The molecular weight excluding hydrogens is 242 g/mol. The molecular formula is C13H11N5O. The fraction of sp³-hybridized carbons (Fsp3) is 0.154. The van der Waals surface area contributed by atoms with Crippen LogP contribution >= 0.6 is 0 Å². The van der Waals surface area contributed by atoms with Gasteiger partial charge < -0.3 is 10.6 Å². The molecule has 19 heavy (non-hydrogen) atoms. The van der Waals surface area contributed by atoms with Crippen molar-refractivity contribution in [1.29, 1.82) is 10.5 Å². The lowest BCUT2D eigenvalue weighted by Gasteiger charge is -2.28. The Morgan fingerprint density at radius 1 is 1.47 bits per heavy atom. The van der Waals surface area contributed by atoms with E-state index in [4.69, 9.17) is 10.5 Å². The number of benzene rings is 1. The maximum absolute atomic E-state index is 11.6. The summed E-state index contributed by atoms with van der Waals surface area (Å²) < 4.78 is 0. The summed E-state index contributed by atoms with van der Waals surface area (Å²) in [6.07, 6.45) is 1.33. The maximum Gasteiger partial charge on any atom is 0.321 e. The van der Waals surface area contributed by atoms with Crippen molar-refractivity contribution in [1.82, 2.24) is 5.32 Å². The summed E-state index contributed by atoms with van der Waals surface area (Å²) in [5.41, 5.74) is 2.37. The second-order valence-electron chi connectivity index (χ2n) is 3.96. The number of nitriles is 2. The minimum absolute atomic E-state index is 0.0273. The first kappa shape index (κ1) is 12.5. The molecule has 0 atom stereocenters. The van der Waals surface area contributed by atoms with Gasteiger partial charge in [-0.15, -0.1) is 0 Å². The van der Waals surface area contributed by atoms with E-state index in [2.05, 4.69) is 10.6 Å². The fourth-order valence-electron chi connectivity index (χ4n) is 1.88. The molecule has 1 aliphatic rings. The molecule has 2 N–H and O–H groups in total. The van der Waals surface area contributed by atoms with E-state index in [9.17, 15) is 4.79 Å². The number of allylic oxidation sites excluding steroid dienone is 1. The molecule has 94 valence electrons. The standard InChI is InChI=1S/C13H11N5O/c1-18-12-10(8-17-13(18)19)3-2-4-11(12)16-7-9(5-14)6-15/h2-4,7,16H,8H2,1H3,(H,17,19). The van der Waals surface area contributed by atoms with E-state index in [-0.39, 0.29) is 11.6 Å². The zero-order valence-electron chi connectivity index (χ0n) is 10.3. The van der Waals surface area contributed by atoms with Crippen LogP contribution in [0.2, 0.25) is 0 Å². The largest absolute Gasteiger partial charge is 0.358 e. The van der Waals surface area contributed by atoms with Crippen molar-refractivity contribution < 1.29 is 4.79 Å². The van der Waals surface area contributed by atoms with Crippen molar-refractivity contribution in [2.45, 2.75) is 6.54 Å². The predicted molar refractivity (Wildman–Crippen MR) is 70.0 cm³/mol. The molecule has 1 aliphatic heterocycles. The van der Waals surface area contributed by atoms with E-state index in [1.54, 1.807) is 25.3 Å². The van der Waals surface area contributed by atoms with Gasteiger partial charge in [0.05, 0.1) is 11.4 Å². The Morgan fingerprint density at radius 3 is 2.89 bits per heavy atom. The smallest absolute Gasteiger partial charge is 0.321 e. The minimum atomic E-state index is -0.188. The van der Waals surface area contributed by atoms with E-state index in [1.165, 1.54) is 11.1 Å². The summed E-state index contributed by atoms with van der Waals surface area (Å²) in [6, 6.07) is 8.89. The molecule has 1 heterocycles. The van der Waals surface area contributed by atoms with Gasteiger partial charge in [0.1, 0.15) is 17.7 Å². The molecule has 6 heteroatoms. The summed E-state index contributed by atoms with van der Waals surface area (Å²) in [4.78, 5) is 13.1. The van der Waals surface area contributed by atoms with Crippen LogP contribution < -0.4 is 15.5 Å². The van der Waals surface area contributed by atoms with E-state index in [1.807, 2.05) is 12.1 Å². The molecule has 1 aromatic rings. The molecule has 2 rings (SSSR count). The van der Waals surface area contributed by atoms with Gasteiger partial charge in [-0.3, -0.25) is 4.90 Å². The number of nitrogens with zero attached hydrogens (tertiary/aromatic N) is 3. The van der Waals surface area contributed by atoms with Gasteiger partial charge in [-0.25, -0.2) is 4.79 Å². The van der Waals surface area contributed by atoms with Crippen LogP contribution in [-0.2, 0) is 6.54 Å². The summed E-state index contributed by atoms with van der Waals surface area (Å²) >= 11 is 0. The third-order valence-corrected chi connectivity index (χ3v) is 2.80. The molecule has 0 saturated heterocycles. The van der Waals surface area contributed by atoms with Gasteiger partial charge in [-0.1, -0.05) is 12.1 Å². The first-order valence-corrected chi connectivity index (χ1v) is 5.57. The lowest BCUT2D eigenvalue weighted by atomic mass is 10.1. The number of nitrogens with one attached hydrogen (secondary N) is 2. The quantitative estimate of drug-likeness (QED) is 0.784. The molecule has 0 radical (unpaired) electrons. The Kier molecular flexibility index (Phi) is 3.35. The molecule has 0 fully saturated rings. The number of anilines is 2. The van der Waals surface area contributed by atoms with Gasteiger partial charge in [0.25, 0.3) is 0 Å². The van der Waals surface area contributed by atoms with Crippen LogP contribution in [0.4, 0.5) is 16.2 Å². The van der Waals surface area contributed by atoms with Crippen molar-refractivity contribution in [3.05, 3.63) is 35.5 Å². The van der Waals surface area contributed by atoms with Crippen molar-refractivity contribution >= 4 is 17.4 Å². The fourth-order valence-corrected chi connectivity index (χ4v) is 1.88. The lowest BCUT2D eigenvalue weighted by Crippen LogP contribution is -2.41. The summed E-state index contributed by atoms with van der Waals surface area (Å²) in [5.74, 6) is 0. The Bertz CT molecular complexity index is 619. The van der Waals surface area contributed by atoms with E-state index in [0.717, 1.165) is 11.3 Å². The van der Waals surface area contributed by atoms with Crippen molar-refractivity contribution in [3.8, 4) is 12.1 Å². The third kappa shape index (κ3) is 2.33. The molecule has 6 nitrogen and oxygen atoms in total. The van der Waals surface area contributed by atoms with Crippen LogP contribution in [0.3, 0.4) is 0 Å². The van der Waals surface area contributed by atoms with Crippen LogP contribution in [0, 0.1) is 22.7 Å². The number of para-hydroxylation sites is 1. The van der Waals surface area contributed by atoms with Gasteiger partial charge in [-0.2, -0.15) is 10.5 Å². The molecule has 1 aromatic carbocycles. The normalized spacial score (nSPS) is 12.6. The van der Waals surface area contributed by atoms with Crippen LogP contribution in [-0.4, -0.2) is 13.1 Å². The molecule has 0 aliphatic carbocycles.